The van der Waals surface area contributed by atoms with Gasteiger partial charge in [-0.25, -0.2) is 4.68 Å². The van der Waals surface area contributed by atoms with E-state index in [1.54, 1.807) is 32.4 Å². The van der Waals surface area contributed by atoms with Crippen molar-refractivity contribution < 1.29 is 19.2 Å². The molecular weight excluding hydrogens is 390 g/mol. The summed E-state index contributed by atoms with van der Waals surface area (Å²) in [7, 11) is 4.73. The first-order valence-corrected chi connectivity index (χ1v) is 8.81. The molecule has 154 valence electrons. The number of aromatic nitrogens is 2. The SMILES string of the molecule is COc1ccc(C(=O)N(C)C)cc1NC(=O)c1ccn(-c2ccc([N+](=O)[O-])cc2)n1. The van der Waals surface area contributed by atoms with Crippen LogP contribution in [0.5, 0.6) is 5.75 Å². The molecule has 2 aromatic carbocycles. The molecule has 0 saturated carbocycles. The summed E-state index contributed by atoms with van der Waals surface area (Å²) >= 11 is 0. The predicted octanol–water partition coefficient (Wildman–Crippen LogP) is 2.74. The van der Waals surface area contributed by atoms with Gasteiger partial charge in [0.1, 0.15) is 5.75 Å². The summed E-state index contributed by atoms with van der Waals surface area (Å²) in [6.07, 6.45) is 1.57. The molecule has 0 unspecified atom stereocenters. The monoisotopic (exact) mass is 409 g/mol. The van der Waals surface area contributed by atoms with Crippen molar-refractivity contribution in [1.82, 2.24) is 14.7 Å². The molecule has 3 aromatic rings. The fourth-order valence-electron chi connectivity index (χ4n) is 2.70. The van der Waals surface area contributed by atoms with Crippen molar-refractivity contribution in [3.63, 3.8) is 0 Å². The van der Waals surface area contributed by atoms with Gasteiger partial charge in [-0.1, -0.05) is 0 Å². The number of ether oxygens (including phenoxy) is 1. The number of methoxy groups -OCH3 is 1. The molecule has 10 nitrogen and oxygen atoms in total. The fraction of sp³-hybridized carbons (Fsp3) is 0.150. The van der Waals surface area contributed by atoms with Crippen LogP contribution in [-0.4, -0.2) is 52.6 Å². The van der Waals surface area contributed by atoms with Crippen LogP contribution < -0.4 is 10.1 Å². The Hall–Kier alpha value is -4.21. The third-order valence-corrected chi connectivity index (χ3v) is 4.25. The molecule has 1 aromatic heterocycles. The molecule has 0 spiro atoms. The Morgan fingerprint density at radius 3 is 2.43 bits per heavy atom. The van der Waals surface area contributed by atoms with Crippen LogP contribution in [0.1, 0.15) is 20.8 Å². The molecule has 0 radical (unpaired) electrons. The van der Waals surface area contributed by atoms with E-state index >= 15 is 0 Å². The van der Waals surface area contributed by atoms with Crippen LogP contribution in [-0.2, 0) is 0 Å². The number of hydrogen-bond donors (Lipinski definition) is 1. The van der Waals surface area contributed by atoms with Crippen LogP contribution in [0.15, 0.2) is 54.7 Å². The van der Waals surface area contributed by atoms with Crippen LogP contribution >= 0.6 is 0 Å². The molecular formula is C20H19N5O5. The highest BCUT2D eigenvalue weighted by atomic mass is 16.6. The highest BCUT2D eigenvalue weighted by Gasteiger charge is 2.16. The topological polar surface area (TPSA) is 120 Å². The van der Waals surface area contributed by atoms with Crippen LogP contribution in [0.4, 0.5) is 11.4 Å². The first-order valence-electron chi connectivity index (χ1n) is 8.81. The average Bonchev–Trinajstić information content (AvgIpc) is 3.23. The van der Waals surface area contributed by atoms with E-state index in [0.717, 1.165) is 0 Å². The summed E-state index contributed by atoms with van der Waals surface area (Å²) in [6.45, 7) is 0. The van der Waals surface area contributed by atoms with Gasteiger partial charge < -0.3 is 15.0 Å². The molecule has 0 fully saturated rings. The highest BCUT2D eigenvalue weighted by molar-refractivity contribution is 6.04. The minimum atomic E-state index is -0.497. The van der Waals surface area contributed by atoms with E-state index in [9.17, 15) is 19.7 Å². The van der Waals surface area contributed by atoms with Crippen LogP contribution in [0.3, 0.4) is 0 Å². The molecule has 10 heteroatoms. The Morgan fingerprint density at radius 2 is 1.83 bits per heavy atom. The molecule has 0 aliphatic heterocycles. The van der Waals surface area contributed by atoms with Gasteiger partial charge in [-0.2, -0.15) is 5.10 Å². The number of hydrogen-bond acceptors (Lipinski definition) is 6. The van der Waals surface area contributed by atoms with E-state index in [4.69, 9.17) is 4.74 Å². The smallest absolute Gasteiger partial charge is 0.276 e. The van der Waals surface area contributed by atoms with E-state index in [-0.39, 0.29) is 17.3 Å². The second kappa shape index (κ2) is 8.43. The molecule has 30 heavy (non-hydrogen) atoms. The number of carbonyl (C=O) groups is 2. The molecule has 0 aliphatic rings. The quantitative estimate of drug-likeness (QED) is 0.494. The van der Waals surface area contributed by atoms with Gasteiger partial charge in [-0.05, 0) is 36.4 Å². The van der Waals surface area contributed by atoms with Gasteiger partial charge in [-0.3, -0.25) is 19.7 Å². The third-order valence-electron chi connectivity index (χ3n) is 4.25. The number of anilines is 1. The van der Waals surface area contributed by atoms with Crippen molar-refractivity contribution in [3.8, 4) is 11.4 Å². The van der Waals surface area contributed by atoms with Crippen LogP contribution in [0.25, 0.3) is 5.69 Å². The largest absolute Gasteiger partial charge is 0.495 e. The van der Waals surface area contributed by atoms with Crippen molar-refractivity contribution in [3.05, 3.63) is 76.1 Å². The molecule has 0 bridgehead atoms. The summed E-state index contributed by atoms with van der Waals surface area (Å²) in [6, 6.07) is 12.0. The number of carbonyl (C=O) groups excluding carboxylic acids is 2. The maximum absolute atomic E-state index is 12.7. The summed E-state index contributed by atoms with van der Waals surface area (Å²) in [5.41, 5.74) is 1.38. The number of rotatable bonds is 6. The van der Waals surface area contributed by atoms with Crippen LogP contribution in [0, 0.1) is 10.1 Å². The zero-order chi connectivity index (χ0) is 21.8. The summed E-state index contributed by atoms with van der Waals surface area (Å²) in [4.78, 5) is 36.6. The molecule has 2 amide bonds. The standard InChI is InChI=1S/C20H19N5O5/c1-23(2)20(27)13-4-9-18(30-3)17(12-13)21-19(26)16-10-11-24(22-16)14-5-7-15(8-6-14)25(28)29/h4-12H,1-3H3,(H,21,26). The Morgan fingerprint density at radius 1 is 1.13 bits per heavy atom. The molecule has 1 heterocycles. The van der Waals surface area contributed by atoms with E-state index in [1.807, 2.05) is 0 Å². The number of amides is 2. The van der Waals surface area contributed by atoms with E-state index < -0.39 is 10.8 Å². The maximum atomic E-state index is 12.7. The van der Waals surface area contributed by atoms with E-state index in [2.05, 4.69) is 10.4 Å². The molecule has 0 atom stereocenters. The summed E-state index contributed by atoms with van der Waals surface area (Å²) in [5, 5.41) is 17.7. The minimum absolute atomic E-state index is 0.0388. The molecule has 0 saturated heterocycles. The lowest BCUT2D eigenvalue weighted by molar-refractivity contribution is -0.384. The normalized spacial score (nSPS) is 10.4. The number of nitro groups is 1. The zero-order valence-electron chi connectivity index (χ0n) is 16.5. The predicted molar refractivity (Wildman–Crippen MR) is 109 cm³/mol. The first-order chi connectivity index (χ1) is 14.3. The second-order valence-corrected chi connectivity index (χ2v) is 6.49. The van der Waals surface area contributed by atoms with Gasteiger partial charge >= 0.3 is 0 Å². The van der Waals surface area contributed by atoms with Crippen molar-refractivity contribution in [2.75, 3.05) is 26.5 Å². The third kappa shape index (κ3) is 4.27. The van der Waals surface area contributed by atoms with E-state index in [0.29, 0.717) is 22.7 Å². The number of nitro benzene ring substituents is 1. The molecule has 3 rings (SSSR count). The van der Waals surface area contributed by atoms with Crippen molar-refractivity contribution in [1.29, 1.82) is 0 Å². The first kappa shape index (κ1) is 20.5. The van der Waals surface area contributed by atoms with Gasteiger partial charge in [0.05, 0.1) is 23.4 Å². The zero-order valence-corrected chi connectivity index (χ0v) is 16.5. The Balaban J connectivity index is 1.82. The lowest BCUT2D eigenvalue weighted by Crippen LogP contribution is -2.22. The van der Waals surface area contributed by atoms with Gasteiger partial charge in [0, 0.05) is 38.0 Å². The lowest BCUT2D eigenvalue weighted by atomic mass is 10.1. The van der Waals surface area contributed by atoms with Gasteiger partial charge in [-0.15, -0.1) is 0 Å². The summed E-state index contributed by atoms with van der Waals surface area (Å²) in [5.74, 6) is -0.313. The van der Waals surface area contributed by atoms with Gasteiger partial charge in [0.2, 0.25) is 0 Å². The molecule has 1 N–H and O–H groups in total. The fourth-order valence-corrected chi connectivity index (χ4v) is 2.70. The summed E-state index contributed by atoms with van der Waals surface area (Å²) < 4.78 is 6.69. The average molecular weight is 409 g/mol. The minimum Gasteiger partial charge on any atom is -0.495 e. The van der Waals surface area contributed by atoms with E-state index in [1.165, 1.54) is 53.1 Å². The maximum Gasteiger partial charge on any atom is 0.276 e. The number of non-ortho nitro benzene ring substituents is 1. The Labute approximate surface area is 171 Å². The number of nitrogens with zero attached hydrogens (tertiary/aromatic N) is 4. The van der Waals surface area contributed by atoms with Gasteiger partial charge in [0.15, 0.2) is 5.69 Å². The number of nitrogens with one attached hydrogen (secondary N) is 1. The highest BCUT2D eigenvalue weighted by Crippen LogP contribution is 2.26. The Bertz CT molecular complexity index is 1110. The van der Waals surface area contributed by atoms with Gasteiger partial charge in [0.25, 0.3) is 17.5 Å². The lowest BCUT2D eigenvalue weighted by Gasteiger charge is -2.14. The van der Waals surface area contributed by atoms with Crippen molar-refractivity contribution in [2.45, 2.75) is 0 Å². The number of benzene rings is 2. The molecule has 0 aliphatic carbocycles. The second-order valence-electron chi connectivity index (χ2n) is 6.49. The van der Waals surface area contributed by atoms with Crippen molar-refractivity contribution >= 4 is 23.2 Å². The van der Waals surface area contributed by atoms with Crippen molar-refractivity contribution in [2.24, 2.45) is 0 Å². The van der Waals surface area contributed by atoms with Crippen LogP contribution in [0.2, 0.25) is 0 Å². The Kier molecular flexibility index (Phi) is 5.77.